The summed E-state index contributed by atoms with van der Waals surface area (Å²) in [6.45, 7) is 1.56. The zero-order valence-electron chi connectivity index (χ0n) is 11.0. The van der Waals surface area contributed by atoms with Gasteiger partial charge in [0.15, 0.2) is 0 Å². The van der Waals surface area contributed by atoms with E-state index >= 15 is 0 Å². The number of hydrogen-bond acceptors (Lipinski definition) is 2. The maximum Gasteiger partial charge on any atom is 0.121 e. The number of fused-ring (bicyclic) bond motifs is 1. The summed E-state index contributed by atoms with van der Waals surface area (Å²) in [5.41, 5.74) is 3.67. The molecule has 0 radical (unpaired) electrons. The van der Waals surface area contributed by atoms with Crippen molar-refractivity contribution in [1.82, 2.24) is 0 Å². The first-order chi connectivity index (χ1) is 9.33. The monoisotopic (exact) mass is 251 g/mol. The van der Waals surface area contributed by atoms with Gasteiger partial charge in [0.2, 0.25) is 0 Å². The molecular formula is C17H17NO. The first-order valence-corrected chi connectivity index (χ1v) is 6.51. The quantitative estimate of drug-likeness (QED) is 0.824. The van der Waals surface area contributed by atoms with Crippen LogP contribution in [-0.4, -0.2) is 13.6 Å². The first kappa shape index (κ1) is 11.8. The van der Waals surface area contributed by atoms with Crippen molar-refractivity contribution in [2.75, 3.05) is 18.5 Å². The molecule has 0 spiro atoms. The molecule has 0 bridgehead atoms. The van der Waals surface area contributed by atoms with E-state index in [-0.39, 0.29) is 0 Å². The van der Waals surface area contributed by atoms with E-state index in [2.05, 4.69) is 48.4 Å². The fraction of sp³-hybridized carbons (Fsp3) is 0.176. The summed E-state index contributed by atoms with van der Waals surface area (Å²) in [5.74, 6) is 0.921. The van der Waals surface area contributed by atoms with Crippen LogP contribution < -0.4 is 9.64 Å². The largest absolute Gasteiger partial charge is 0.489 e. The molecule has 0 saturated carbocycles. The molecule has 1 heterocycles. The third-order valence-electron chi connectivity index (χ3n) is 3.34. The van der Waals surface area contributed by atoms with Crippen LogP contribution in [0.3, 0.4) is 0 Å². The van der Waals surface area contributed by atoms with Crippen molar-refractivity contribution in [3.05, 3.63) is 65.7 Å². The Hall–Kier alpha value is -2.22. The van der Waals surface area contributed by atoms with Gasteiger partial charge in [-0.1, -0.05) is 42.5 Å². The lowest BCUT2D eigenvalue weighted by molar-refractivity contribution is 0.306. The highest BCUT2D eigenvalue weighted by molar-refractivity contribution is 5.72. The number of rotatable bonds is 3. The molecule has 0 atom stereocenters. The van der Waals surface area contributed by atoms with Crippen molar-refractivity contribution < 1.29 is 4.74 Å². The van der Waals surface area contributed by atoms with Crippen LogP contribution in [0.2, 0.25) is 0 Å². The summed E-state index contributed by atoms with van der Waals surface area (Å²) in [6.07, 6.45) is 4.34. The number of hydrogen-bond donors (Lipinski definition) is 0. The Bertz CT molecular complexity index is 589. The van der Waals surface area contributed by atoms with E-state index in [0.29, 0.717) is 6.61 Å². The molecule has 2 heteroatoms. The standard InChI is InChI=1S/C17H17NO/c1-18-11-5-8-15-9-10-16(12-17(15)18)19-13-14-6-3-2-4-7-14/h2-10,12H,11,13H2,1H3. The lowest BCUT2D eigenvalue weighted by Crippen LogP contribution is -2.20. The van der Waals surface area contributed by atoms with Gasteiger partial charge in [0, 0.05) is 25.3 Å². The molecule has 1 aliphatic rings. The van der Waals surface area contributed by atoms with Gasteiger partial charge in [-0.3, -0.25) is 0 Å². The highest BCUT2D eigenvalue weighted by Crippen LogP contribution is 2.29. The Balaban J connectivity index is 1.76. The van der Waals surface area contributed by atoms with Crippen LogP contribution >= 0.6 is 0 Å². The predicted molar refractivity (Wildman–Crippen MR) is 79.5 cm³/mol. The Morgan fingerprint density at radius 3 is 2.79 bits per heavy atom. The number of likely N-dealkylation sites (N-methyl/N-ethyl adjacent to an activating group) is 1. The molecule has 0 amide bonds. The van der Waals surface area contributed by atoms with Crippen LogP contribution in [0.4, 0.5) is 5.69 Å². The Morgan fingerprint density at radius 1 is 1.11 bits per heavy atom. The second-order valence-corrected chi connectivity index (χ2v) is 4.78. The Labute approximate surface area is 113 Å². The van der Waals surface area contributed by atoms with Crippen LogP contribution in [0.15, 0.2) is 54.6 Å². The van der Waals surface area contributed by atoms with Crippen LogP contribution in [0, 0.1) is 0 Å². The number of ether oxygens (including phenoxy) is 1. The molecule has 0 fully saturated rings. The summed E-state index contributed by atoms with van der Waals surface area (Å²) in [4.78, 5) is 2.23. The minimum Gasteiger partial charge on any atom is -0.489 e. The van der Waals surface area contributed by atoms with Gasteiger partial charge >= 0.3 is 0 Å². The topological polar surface area (TPSA) is 12.5 Å². The van der Waals surface area contributed by atoms with Crippen LogP contribution in [-0.2, 0) is 6.61 Å². The van der Waals surface area contributed by atoms with Crippen LogP contribution in [0.25, 0.3) is 6.08 Å². The zero-order chi connectivity index (χ0) is 13.1. The van der Waals surface area contributed by atoms with Crippen molar-refractivity contribution >= 4 is 11.8 Å². The minimum atomic E-state index is 0.610. The second kappa shape index (κ2) is 5.19. The normalized spacial score (nSPS) is 13.2. The molecule has 96 valence electrons. The Morgan fingerprint density at radius 2 is 1.95 bits per heavy atom. The van der Waals surface area contributed by atoms with E-state index in [9.17, 15) is 0 Å². The van der Waals surface area contributed by atoms with Gasteiger partial charge in [-0.25, -0.2) is 0 Å². The minimum absolute atomic E-state index is 0.610. The first-order valence-electron chi connectivity index (χ1n) is 6.51. The summed E-state index contributed by atoms with van der Waals surface area (Å²) in [5, 5.41) is 0. The smallest absolute Gasteiger partial charge is 0.121 e. The average Bonchev–Trinajstić information content (AvgIpc) is 2.47. The van der Waals surface area contributed by atoms with Crippen LogP contribution in [0.1, 0.15) is 11.1 Å². The number of anilines is 1. The molecule has 2 aromatic rings. The molecule has 1 aliphatic heterocycles. The molecular weight excluding hydrogens is 234 g/mol. The van der Waals surface area contributed by atoms with Crippen LogP contribution in [0.5, 0.6) is 5.75 Å². The van der Waals surface area contributed by atoms with Gasteiger partial charge in [0.25, 0.3) is 0 Å². The highest BCUT2D eigenvalue weighted by atomic mass is 16.5. The zero-order valence-corrected chi connectivity index (χ0v) is 11.0. The maximum atomic E-state index is 5.86. The van der Waals surface area contributed by atoms with E-state index in [0.717, 1.165) is 12.3 Å². The predicted octanol–water partition coefficient (Wildman–Crippen LogP) is 3.73. The van der Waals surface area contributed by atoms with Crippen molar-refractivity contribution in [2.24, 2.45) is 0 Å². The maximum absolute atomic E-state index is 5.86. The molecule has 0 aliphatic carbocycles. The molecule has 3 rings (SSSR count). The number of nitrogens with zero attached hydrogens (tertiary/aromatic N) is 1. The lowest BCUT2D eigenvalue weighted by Gasteiger charge is -2.24. The Kier molecular flexibility index (Phi) is 3.23. The molecule has 2 aromatic carbocycles. The van der Waals surface area contributed by atoms with Crippen molar-refractivity contribution in [2.45, 2.75) is 6.61 Å². The SMILES string of the molecule is CN1CC=Cc2ccc(OCc3ccccc3)cc21. The molecule has 2 nitrogen and oxygen atoms in total. The second-order valence-electron chi connectivity index (χ2n) is 4.78. The van der Waals surface area contributed by atoms with Gasteiger partial charge in [-0.2, -0.15) is 0 Å². The van der Waals surface area contributed by atoms with E-state index in [1.165, 1.54) is 16.8 Å². The molecule has 0 aromatic heterocycles. The molecule has 0 saturated heterocycles. The van der Waals surface area contributed by atoms with E-state index in [4.69, 9.17) is 4.74 Å². The van der Waals surface area contributed by atoms with Crippen molar-refractivity contribution in [3.8, 4) is 5.75 Å². The third kappa shape index (κ3) is 2.63. The highest BCUT2D eigenvalue weighted by Gasteiger charge is 2.10. The fourth-order valence-corrected chi connectivity index (χ4v) is 2.26. The van der Waals surface area contributed by atoms with Gasteiger partial charge in [-0.05, 0) is 23.3 Å². The average molecular weight is 251 g/mol. The van der Waals surface area contributed by atoms with Crippen molar-refractivity contribution in [3.63, 3.8) is 0 Å². The van der Waals surface area contributed by atoms with E-state index in [1.54, 1.807) is 0 Å². The number of benzene rings is 2. The summed E-state index contributed by atoms with van der Waals surface area (Å²) in [6, 6.07) is 16.5. The van der Waals surface area contributed by atoms with E-state index in [1.807, 2.05) is 24.3 Å². The van der Waals surface area contributed by atoms with Gasteiger partial charge in [0.1, 0.15) is 12.4 Å². The van der Waals surface area contributed by atoms with Gasteiger partial charge in [0.05, 0.1) is 0 Å². The summed E-state index contributed by atoms with van der Waals surface area (Å²) < 4.78 is 5.86. The lowest BCUT2D eigenvalue weighted by atomic mass is 10.1. The van der Waals surface area contributed by atoms with Gasteiger partial charge in [-0.15, -0.1) is 0 Å². The molecule has 0 N–H and O–H groups in total. The summed E-state index contributed by atoms with van der Waals surface area (Å²) >= 11 is 0. The molecule has 0 unspecified atom stereocenters. The van der Waals surface area contributed by atoms with E-state index < -0.39 is 0 Å². The summed E-state index contributed by atoms with van der Waals surface area (Å²) in [7, 11) is 2.10. The van der Waals surface area contributed by atoms with Gasteiger partial charge < -0.3 is 9.64 Å². The van der Waals surface area contributed by atoms with Crippen molar-refractivity contribution in [1.29, 1.82) is 0 Å². The fourth-order valence-electron chi connectivity index (χ4n) is 2.26. The third-order valence-corrected chi connectivity index (χ3v) is 3.34. The molecule has 19 heavy (non-hydrogen) atoms.